The maximum atomic E-state index is 17.9. The molecule has 63 heavy (non-hydrogen) atoms. The minimum absolute atomic E-state index is 0.00360. The average molecular weight is 893 g/mol. The Morgan fingerprint density at radius 2 is 1.79 bits per heavy atom. The van der Waals surface area contributed by atoms with Gasteiger partial charge in [0, 0.05) is 96.9 Å². The van der Waals surface area contributed by atoms with E-state index in [1.807, 2.05) is 17.0 Å². The normalized spacial score (nSPS) is 21.6. The lowest BCUT2D eigenvalue weighted by Gasteiger charge is -2.39. The molecule has 0 radical (unpaired) electrons. The van der Waals surface area contributed by atoms with Crippen LogP contribution in [0.15, 0.2) is 66.9 Å². The van der Waals surface area contributed by atoms with E-state index in [0.29, 0.717) is 45.1 Å². The topological polar surface area (TPSA) is 116 Å². The Hall–Kier alpha value is -5.52. The minimum Gasteiger partial charge on any atom is -0.371 e. The van der Waals surface area contributed by atoms with Gasteiger partial charge in [-0.3, -0.25) is 14.6 Å². The van der Waals surface area contributed by atoms with Gasteiger partial charge in [0.05, 0.1) is 52.1 Å². The van der Waals surface area contributed by atoms with Crippen molar-refractivity contribution in [2.45, 2.75) is 69.4 Å². The molecule has 5 fully saturated rings. The summed E-state index contributed by atoms with van der Waals surface area (Å²) in [4.78, 5) is 40.1. The average Bonchev–Trinajstić information content (AvgIpc) is 3.54. The van der Waals surface area contributed by atoms with Crippen LogP contribution < -0.4 is 5.32 Å². The molecule has 3 saturated heterocycles. The Morgan fingerprint density at radius 3 is 2.46 bits per heavy atom. The first-order valence-electron chi connectivity index (χ1n) is 21.2. The fourth-order valence-electron chi connectivity index (χ4n) is 9.94. The number of amides is 2. The predicted molar refractivity (Wildman–Crippen MR) is 234 cm³/mol. The smallest absolute Gasteiger partial charge is 0.271 e. The molecule has 11 rings (SSSR count). The second kappa shape index (κ2) is 16.2. The number of hydrogen-bond donors (Lipinski definition) is 1. The molecule has 2 amide bonds. The highest BCUT2D eigenvalue weighted by Crippen LogP contribution is 2.52. The third-order valence-electron chi connectivity index (χ3n) is 13.2. The van der Waals surface area contributed by atoms with Crippen molar-refractivity contribution in [1.82, 2.24) is 29.7 Å². The van der Waals surface area contributed by atoms with Gasteiger partial charge in [0.15, 0.2) is 5.82 Å². The van der Waals surface area contributed by atoms with Crippen molar-refractivity contribution < 1.29 is 27.5 Å². The van der Waals surface area contributed by atoms with E-state index >= 15 is 4.39 Å². The summed E-state index contributed by atoms with van der Waals surface area (Å²) in [5.74, 6) is -2.21. The third kappa shape index (κ3) is 7.12. The number of nitrogens with one attached hydrogen (secondary N) is 1. The number of pyridine rings is 2. The molecule has 2 saturated carbocycles. The standard InChI is InChI=1S/C48H42Cl2F3N7O3/c1-58(2)48(62)36-14-13-26(20-55-36)43-31-19-39(38-18-28(22-59(38)47(61)24-11-12-24)63-23-32-34(51)9-4-10-35(32)52)60(45-27-17-37(45)56-21-27)46(31)30-16-25(6-5-15-54)40(42(53)44(30)57-43)29-7-3-8-33(49)41(29)50/h3-4,7-10,13-14,16,19-20,24,27-28,37-38,45,56H,5-6,11-12,17-18,21-23H2,1-2H3. The quantitative estimate of drug-likeness (QED) is 0.138. The summed E-state index contributed by atoms with van der Waals surface area (Å²) in [6.45, 7) is 0.702. The van der Waals surface area contributed by atoms with E-state index < -0.39 is 29.6 Å². The van der Waals surface area contributed by atoms with Crippen LogP contribution in [0.2, 0.25) is 10.0 Å². The van der Waals surface area contributed by atoms with Gasteiger partial charge in [-0.2, -0.15) is 5.26 Å². The Kier molecular flexibility index (Phi) is 10.7. The predicted octanol–water partition coefficient (Wildman–Crippen LogP) is 9.60. The lowest BCUT2D eigenvalue weighted by molar-refractivity contribution is -0.134. The van der Waals surface area contributed by atoms with Crippen molar-refractivity contribution in [2.24, 2.45) is 11.8 Å². The van der Waals surface area contributed by atoms with Crippen LogP contribution in [0.1, 0.15) is 71.5 Å². The zero-order valence-corrected chi connectivity index (χ0v) is 36.0. The SMILES string of the molecule is CN(C)C(=O)c1ccc(-c2nc3c(F)c(-c4cccc(Cl)c4Cl)c(CCC#N)cc3c3c2cc(C2CC(OCc4c(F)cccc4F)CN2C(=O)C2CC2)n3C2C3CNC2C3)cn1. The zero-order valence-electron chi connectivity index (χ0n) is 34.5. The van der Waals surface area contributed by atoms with E-state index in [4.69, 9.17) is 32.9 Å². The van der Waals surface area contributed by atoms with Gasteiger partial charge in [0.2, 0.25) is 5.91 Å². The number of nitriles is 1. The molecule has 2 bridgehead atoms. The van der Waals surface area contributed by atoms with Crippen molar-refractivity contribution in [3.63, 3.8) is 0 Å². The third-order valence-corrected chi connectivity index (χ3v) is 14.1. The molecule has 322 valence electrons. The number of benzene rings is 3. The molecule has 10 nitrogen and oxygen atoms in total. The second-order valence-electron chi connectivity index (χ2n) is 17.3. The number of carbonyl (C=O) groups is 2. The molecule has 6 aromatic rings. The van der Waals surface area contributed by atoms with E-state index in [0.717, 1.165) is 31.5 Å². The molecule has 2 aliphatic carbocycles. The molecule has 1 N–H and O–H groups in total. The Morgan fingerprint density at radius 1 is 1.02 bits per heavy atom. The fraction of sp³-hybridized carbons (Fsp3) is 0.354. The van der Waals surface area contributed by atoms with Crippen LogP contribution in [0, 0.1) is 40.6 Å². The van der Waals surface area contributed by atoms with Gasteiger partial charge in [-0.1, -0.05) is 41.4 Å². The fourth-order valence-corrected chi connectivity index (χ4v) is 10.3. The number of nitrogens with zero attached hydrogens (tertiary/aromatic N) is 6. The molecule has 3 aliphatic heterocycles. The first-order valence-corrected chi connectivity index (χ1v) is 22.0. The van der Waals surface area contributed by atoms with Gasteiger partial charge in [0.1, 0.15) is 22.8 Å². The summed E-state index contributed by atoms with van der Waals surface area (Å²) in [6.07, 6.45) is 4.19. The van der Waals surface area contributed by atoms with Gasteiger partial charge in [-0.25, -0.2) is 18.2 Å². The molecule has 6 heterocycles. The number of likely N-dealkylation sites (tertiary alicyclic amines) is 1. The minimum atomic E-state index is -0.703. The van der Waals surface area contributed by atoms with Crippen LogP contribution >= 0.6 is 23.2 Å². The number of rotatable bonds is 11. The number of carbonyl (C=O) groups excluding carboxylic acids is 2. The monoisotopic (exact) mass is 891 g/mol. The highest BCUT2D eigenvalue weighted by atomic mass is 35.5. The number of aromatic nitrogens is 3. The van der Waals surface area contributed by atoms with E-state index in [1.54, 1.807) is 50.6 Å². The highest BCUT2D eigenvalue weighted by Gasteiger charge is 2.51. The zero-order chi connectivity index (χ0) is 43.8. The number of hydrogen-bond acceptors (Lipinski definition) is 7. The number of ether oxygens (including phenoxy) is 1. The van der Waals surface area contributed by atoms with Crippen LogP contribution in [0.25, 0.3) is 44.2 Å². The maximum absolute atomic E-state index is 17.9. The molecule has 3 aromatic heterocycles. The molecule has 15 heteroatoms. The van der Waals surface area contributed by atoms with Gasteiger partial charge in [-0.15, -0.1) is 0 Å². The van der Waals surface area contributed by atoms with Crippen LogP contribution in [0.3, 0.4) is 0 Å². The van der Waals surface area contributed by atoms with Crippen molar-refractivity contribution >= 4 is 56.8 Å². The van der Waals surface area contributed by atoms with E-state index in [2.05, 4.69) is 20.9 Å². The van der Waals surface area contributed by atoms with Gasteiger partial charge >= 0.3 is 0 Å². The van der Waals surface area contributed by atoms with Crippen LogP contribution in [-0.4, -0.2) is 75.5 Å². The largest absolute Gasteiger partial charge is 0.371 e. The second-order valence-corrected chi connectivity index (χ2v) is 18.1. The summed E-state index contributed by atoms with van der Waals surface area (Å²) in [5, 5.41) is 15.1. The van der Waals surface area contributed by atoms with E-state index in [9.17, 15) is 23.6 Å². The summed E-state index contributed by atoms with van der Waals surface area (Å²) < 4.78 is 56.0. The van der Waals surface area contributed by atoms with Crippen molar-refractivity contribution in [2.75, 3.05) is 27.2 Å². The van der Waals surface area contributed by atoms with Crippen molar-refractivity contribution in [3.05, 3.63) is 117 Å². The summed E-state index contributed by atoms with van der Waals surface area (Å²) in [6, 6.07) is 17.8. The molecule has 5 unspecified atom stereocenters. The van der Waals surface area contributed by atoms with Gasteiger partial charge in [-0.05, 0) is 79.6 Å². The molecule has 3 aromatic carbocycles. The lowest BCUT2D eigenvalue weighted by atomic mass is 9.79. The van der Waals surface area contributed by atoms with Crippen molar-refractivity contribution in [3.8, 4) is 28.5 Å². The van der Waals surface area contributed by atoms with Gasteiger partial charge in [0.25, 0.3) is 5.91 Å². The molecule has 5 aliphatic rings. The molecule has 0 spiro atoms. The Labute approximate surface area is 371 Å². The molecule has 5 atom stereocenters. The van der Waals surface area contributed by atoms with Crippen LogP contribution in [0.5, 0.6) is 0 Å². The van der Waals surface area contributed by atoms with Gasteiger partial charge < -0.3 is 24.4 Å². The summed E-state index contributed by atoms with van der Waals surface area (Å²) in [7, 11) is 3.29. The van der Waals surface area contributed by atoms with Crippen LogP contribution in [0.4, 0.5) is 13.2 Å². The number of fused-ring (bicyclic) bond motifs is 4. The summed E-state index contributed by atoms with van der Waals surface area (Å²) >= 11 is 13.3. The van der Waals surface area contributed by atoms with Crippen LogP contribution in [-0.2, 0) is 22.6 Å². The maximum Gasteiger partial charge on any atom is 0.271 e. The first-order chi connectivity index (χ1) is 30.4. The first kappa shape index (κ1) is 41.5. The van der Waals surface area contributed by atoms with E-state index in [-0.39, 0.29) is 94.1 Å². The number of halogens is 5. The number of aryl methyl sites for hydroxylation is 1. The van der Waals surface area contributed by atoms with Crippen molar-refractivity contribution in [1.29, 1.82) is 5.26 Å². The highest BCUT2D eigenvalue weighted by molar-refractivity contribution is 6.43. The molecular formula is C48H42Cl2F3N7O3. The Bertz CT molecular complexity index is 2860. The lowest BCUT2D eigenvalue weighted by Crippen LogP contribution is -2.41. The van der Waals surface area contributed by atoms with E-state index in [1.165, 1.54) is 23.1 Å². The summed E-state index contributed by atoms with van der Waals surface area (Å²) in [5.41, 5.74) is 3.71. The molecular weight excluding hydrogens is 850 g/mol. The Balaban J connectivity index is 1.22.